The molecule has 2 aliphatic heterocycles. The van der Waals surface area contributed by atoms with E-state index in [1.54, 1.807) is 0 Å². The maximum absolute atomic E-state index is 5.58. The highest BCUT2D eigenvalue weighted by Crippen LogP contribution is 2.38. The molecule has 1 N–H and O–H groups in total. The van der Waals surface area contributed by atoms with Crippen LogP contribution in [-0.2, 0) is 4.74 Å². The molecular weight excluding hydrogens is 236 g/mol. The van der Waals surface area contributed by atoms with Gasteiger partial charge in [0.15, 0.2) is 0 Å². The molecule has 0 radical (unpaired) electrons. The van der Waals surface area contributed by atoms with Gasteiger partial charge in [0, 0.05) is 37.8 Å². The Bertz CT molecular complexity index is 282. The molecule has 0 amide bonds. The van der Waals surface area contributed by atoms with Crippen molar-refractivity contribution >= 4 is 0 Å². The van der Waals surface area contributed by atoms with Gasteiger partial charge < -0.3 is 10.1 Å². The summed E-state index contributed by atoms with van der Waals surface area (Å²) in [6.07, 6.45) is 9.58. The zero-order valence-corrected chi connectivity index (χ0v) is 12.5. The summed E-state index contributed by atoms with van der Waals surface area (Å²) in [5, 5.41) is 3.83. The van der Waals surface area contributed by atoms with Crippen LogP contribution in [-0.4, -0.2) is 49.3 Å². The number of rotatable bonds is 4. The fourth-order valence-electron chi connectivity index (χ4n) is 4.35. The maximum atomic E-state index is 5.58. The van der Waals surface area contributed by atoms with Crippen molar-refractivity contribution < 1.29 is 4.74 Å². The highest BCUT2D eigenvalue weighted by atomic mass is 16.5. The highest BCUT2D eigenvalue weighted by Gasteiger charge is 2.43. The molecule has 3 heteroatoms. The van der Waals surface area contributed by atoms with E-state index >= 15 is 0 Å². The minimum absolute atomic E-state index is 0.493. The number of hydrogen-bond donors (Lipinski definition) is 1. The average molecular weight is 266 g/mol. The number of piperazine rings is 1. The Balaban J connectivity index is 1.65. The van der Waals surface area contributed by atoms with Crippen molar-refractivity contribution in [3.05, 3.63) is 0 Å². The van der Waals surface area contributed by atoms with Crippen LogP contribution >= 0.6 is 0 Å². The topological polar surface area (TPSA) is 24.5 Å². The predicted octanol–water partition coefficient (Wildman–Crippen LogP) is 2.41. The van der Waals surface area contributed by atoms with E-state index in [-0.39, 0.29) is 0 Å². The van der Waals surface area contributed by atoms with Crippen molar-refractivity contribution in [2.75, 3.05) is 32.8 Å². The second kappa shape index (κ2) is 6.11. The lowest BCUT2D eigenvalue weighted by atomic mass is 9.88. The van der Waals surface area contributed by atoms with Crippen LogP contribution < -0.4 is 5.32 Å². The third kappa shape index (κ3) is 2.98. The summed E-state index contributed by atoms with van der Waals surface area (Å²) in [6.45, 7) is 8.06. The van der Waals surface area contributed by atoms with Gasteiger partial charge in [-0.2, -0.15) is 0 Å². The van der Waals surface area contributed by atoms with Gasteiger partial charge in [0.2, 0.25) is 0 Å². The Kier molecular flexibility index (Phi) is 4.45. The van der Waals surface area contributed by atoms with Gasteiger partial charge in [0.25, 0.3) is 0 Å². The molecule has 0 bridgehead atoms. The first-order chi connectivity index (χ1) is 9.32. The second-order valence-corrected chi connectivity index (χ2v) is 6.93. The van der Waals surface area contributed by atoms with E-state index in [0.717, 1.165) is 25.2 Å². The molecule has 19 heavy (non-hydrogen) atoms. The first-order valence-electron chi connectivity index (χ1n) is 8.38. The molecule has 0 aromatic carbocycles. The van der Waals surface area contributed by atoms with Crippen LogP contribution in [0.5, 0.6) is 0 Å². The zero-order chi connectivity index (χ0) is 13.1. The van der Waals surface area contributed by atoms with Gasteiger partial charge in [-0.3, -0.25) is 4.90 Å². The average Bonchev–Trinajstić information content (AvgIpc) is 3.06. The molecule has 3 nitrogen and oxygen atoms in total. The van der Waals surface area contributed by atoms with Crippen LogP contribution in [0.3, 0.4) is 0 Å². The molecule has 2 heterocycles. The van der Waals surface area contributed by atoms with E-state index in [0.29, 0.717) is 5.54 Å². The quantitative estimate of drug-likeness (QED) is 0.846. The zero-order valence-electron chi connectivity index (χ0n) is 12.5. The third-order valence-electron chi connectivity index (χ3n) is 5.51. The Morgan fingerprint density at radius 2 is 2.16 bits per heavy atom. The van der Waals surface area contributed by atoms with Gasteiger partial charge in [0.05, 0.1) is 6.61 Å². The van der Waals surface area contributed by atoms with Crippen LogP contribution in [0.4, 0.5) is 0 Å². The standard InChI is InChI=1S/C16H30N2O/c1-2-5-15-11-18(10-14-6-9-19-12-14)16(13-17-15)7-3-4-8-16/h14-15,17H,2-13H2,1H3. The molecule has 0 aromatic rings. The fraction of sp³-hybridized carbons (Fsp3) is 1.00. The summed E-state index contributed by atoms with van der Waals surface area (Å²) in [5.41, 5.74) is 0.493. The molecule has 2 saturated heterocycles. The number of nitrogens with one attached hydrogen (secondary N) is 1. The molecule has 3 rings (SSSR count). The van der Waals surface area contributed by atoms with Crippen molar-refractivity contribution in [2.45, 2.75) is 63.5 Å². The Morgan fingerprint density at radius 3 is 2.84 bits per heavy atom. The number of nitrogens with zero attached hydrogens (tertiary/aromatic N) is 1. The SMILES string of the molecule is CCCC1CN(CC2CCOC2)C2(CCCC2)CN1. The maximum Gasteiger partial charge on any atom is 0.0507 e. The van der Waals surface area contributed by atoms with E-state index in [1.165, 1.54) is 64.6 Å². The van der Waals surface area contributed by atoms with Crippen LogP contribution in [0.2, 0.25) is 0 Å². The summed E-state index contributed by atoms with van der Waals surface area (Å²) in [5.74, 6) is 0.790. The lowest BCUT2D eigenvalue weighted by molar-refractivity contribution is 0.0257. The smallest absolute Gasteiger partial charge is 0.0507 e. The van der Waals surface area contributed by atoms with Crippen molar-refractivity contribution in [1.29, 1.82) is 0 Å². The van der Waals surface area contributed by atoms with Crippen molar-refractivity contribution in [3.63, 3.8) is 0 Å². The summed E-state index contributed by atoms with van der Waals surface area (Å²) < 4.78 is 5.58. The van der Waals surface area contributed by atoms with Crippen LogP contribution in [0.1, 0.15) is 51.9 Å². The predicted molar refractivity (Wildman–Crippen MR) is 78.4 cm³/mol. The second-order valence-electron chi connectivity index (χ2n) is 6.93. The number of hydrogen-bond acceptors (Lipinski definition) is 3. The van der Waals surface area contributed by atoms with Crippen LogP contribution in [0.15, 0.2) is 0 Å². The molecule has 110 valence electrons. The van der Waals surface area contributed by atoms with Gasteiger partial charge in [-0.15, -0.1) is 0 Å². The summed E-state index contributed by atoms with van der Waals surface area (Å²) in [7, 11) is 0. The monoisotopic (exact) mass is 266 g/mol. The Labute approximate surface area is 118 Å². The molecule has 0 aromatic heterocycles. The first kappa shape index (κ1) is 13.8. The summed E-state index contributed by atoms with van der Waals surface area (Å²) in [4.78, 5) is 2.86. The molecule has 1 spiro atoms. The van der Waals surface area contributed by atoms with Crippen molar-refractivity contribution in [1.82, 2.24) is 10.2 Å². The normalized spacial score (nSPS) is 35.2. The van der Waals surface area contributed by atoms with Gasteiger partial charge in [-0.25, -0.2) is 0 Å². The van der Waals surface area contributed by atoms with Gasteiger partial charge >= 0.3 is 0 Å². The Morgan fingerprint density at radius 1 is 1.32 bits per heavy atom. The molecule has 3 aliphatic rings. The van der Waals surface area contributed by atoms with E-state index in [2.05, 4.69) is 17.1 Å². The Hall–Kier alpha value is -0.120. The van der Waals surface area contributed by atoms with Crippen molar-refractivity contribution in [3.8, 4) is 0 Å². The lowest BCUT2D eigenvalue weighted by Gasteiger charge is -2.49. The highest BCUT2D eigenvalue weighted by molar-refractivity contribution is 5.02. The molecular formula is C16H30N2O. The van der Waals surface area contributed by atoms with Gasteiger partial charge in [0.1, 0.15) is 0 Å². The molecule has 3 fully saturated rings. The van der Waals surface area contributed by atoms with Crippen molar-refractivity contribution in [2.24, 2.45) is 5.92 Å². The third-order valence-corrected chi connectivity index (χ3v) is 5.51. The van der Waals surface area contributed by atoms with E-state index in [1.807, 2.05) is 0 Å². The number of ether oxygens (including phenoxy) is 1. The van der Waals surface area contributed by atoms with Crippen LogP contribution in [0, 0.1) is 5.92 Å². The molecule has 2 unspecified atom stereocenters. The van der Waals surface area contributed by atoms with E-state index in [9.17, 15) is 0 Å². The van der Waals surface area contributed by atoms with Gasteiger partial charge in [-0.05, 0) is 31.6 Å². The largest absolute Gasteiger partial charge is 0.381 e. The minimum Gasteiger partial charge on any atom is -0.381 e. The van der Waals surface area contributed by atoms with E-state index < -0.39 is 0 Å². The summed E-state index contributed by atoms with van der Waals surface area (Å²) >= 11 is 0. The van der Waals surface area contributed by atoms with Crippen LogP contribution in [0.25, 0.3) is 0 Å². The molecule has 1 aliphatic carbocycles. The van der Waals surface area contributed by atoms with E-state index in [4.69, 9.17) is 4.74 Å². The molecule has 2 atom stereocenters. The van der Waals surface area contributed by atoms with Gasteiger partial charge in [-0.1, -0.05) is 26.2 Å². The lowest BCUT2D eigenvalue weighted by Crippen LogP contribution is -2.64. The minimum atomic E-state index is 0.493. The fourth-order valence-corrected chi connectivity index (χ4v) is 4.35. The molecule has 1 saturated carbocycles. The first-order valence-corrected chi connectivity index (χ1v) is 8.38. The summed E-state index contributed by atoms with van der Waals surface area (Å²) in [6, 6.07) is 0.721.